The molecule has 2 atom stereocenters. The lowest BCUT2D eigenvalue weighted by atomic mass is 10.2. The third-order valence-corrected chi connectivity index (χ3v) is 3.42. The molecule has 1 saturated carbocycles. The first-order chi connectivity index (χ1) is 6.75. The van der Waals surface area contributed by atoms with E-state index in [2.05, 4.69) is 16.9 Å². The van der Waals surface area contributed by atoms with Gasteiger partial charge < -0.3 is 5.73 Å². The van der Waals surface area contributed by atoms with Gasteiger partial charge in [0.05, 0.1) is 0 Å². The number of hydrogen-bond acceptors (Lipinski definition) is 3. The van der Waals surface area contributed by atoms with Gasteiger partial charge in [0.25, 0.3) is 0 Å². The Morgan fingerprint density at radius 2 is 2.07 bits per heavy atom. The average Bonchev–Trinajstić information content (AvgIpc) is 2.71. The van der Waals surface area contributed by atoms with Gasteiger partial charge in [-0.25, -0.2) is 9.97 Å². The van der Waals surface area contributed by atoms with Crippen LogP contribution in [-0.4, -0.2) is 9.97 Å². The van der Waals surface area contributed by atoms with E-state index in [0.29, 0.717) is 5.92 Å². The lowest BCUT2D eigenvalue weighted by Gasteiger charge is -2.05. The van der Waals surface area contributed by atoms with Gasteiger partial charge in [-0.2, -0.15) is 0 Å². The van der Waals surface area contributed by atoms with Crippen molar-refractivity contribution in [1.82, 2.24) is 9.97 Å². The molecule has 2 N–H and O–H groups in total. The predicted molar refractivity (Wildman–Crippen MR) is 55.0 cm³/mol. The van der Waals surface area contributed by atoms with E-state index in [1.165, 1.54) is 24.1 Å². The van der Waals surface area contributed by atoms with Crippen molar-refractivity contribution in [3.05, 3.63) is 17.1 Å². The van der Waals surface area contributed by atoms with E-state index in [0.717, 1.165) is 30.4 Å². The van der Waals surface area contributed by atoms with E-state index in [1.54, 1.807) is 0 Å². The van der Waals surface area contributed by atoms with Crippen molar-refractivity contribution < 1.29 is 0 Å². The molecule has 74 valence electrons. The maximum atomic E-state index is 5.93. The Morgan fingerprint density at radius 1 is 1.29 bits per heavy atom. The first kappa shape index (κ1) is 8.21. The van der Waals surface area contributed by atoms with Gasteiger partial charge in [0, 0.05) is 17.2 Å². The van der Waals surface area contributed by atoms with Gasteiger partial charge in [0.2, 0.25) is 0 Å². The molecule has 2 unspecified atom stereocenters. The summed E-state index contributed by atoms with van der Waals surface area (Å²) in [4.78, 5) is 9.06. The van der Waals surface area contributed by atoms with Crippen molar-refractivity contribution in [2.24, 2.45) is 5.92 Å². The minimum atomic E-state index is 0.586. The fourth-order valence-corrected chi connectivity index (χ4v) is 2.33. The van der Waals surface area contributed by atoms with Crippen molar-refractivity contribution in [3.8, 4) is 0 Å². The molecular weight excluding hydrogens is 174 g/mol. The number of aryl methyl sites for hydroxylation is 1. The van der Waals surface area contributed by atoms with Crippen LogP contribution in [0, 0.1) is 5.92 Å². The number of aromatic nitrogens is 2. The van der Waals surface area contributed by atoms with E-state index in [4.69, 9.17) is 5.73 Å². The number of anilines is 1. The third-order valence-electron chi connectivity index (χ3n) is 3.42. The highest BCUT2D eigenvalue weighted by atomic mass is 15.0. The Balaban J connectivity index is 2.03. The summed E-state index contributed by atoms with van der Waals surface area (Å²) < 4.78 is 0. The highest BCUT2D eigenvalue weighted by Gasteiger charge is 2.37. The molecule has 2 aliphatic rings. The maximum Gasteiger partial charge on any atom is 0.134 e. The first-order valence-corrected chi connectivity index (χ1v) is 5.41. The van der Waals surface area contributed by atoms with Gasteiger partial charge >= 0.3 is 0 Å². The standard InChI is InChI=1S/C11H15N3/c1-6-5-8(6)11-13-9-4-2-3-7(9)10(12)14-11/h6,8H,2-5H2,1H3,(H2,12,13,14). The van der Waals surface area contributed by atoms with Gasteiger partial charge in [-0.15, -0.1) is 0 Å². The lowest BCUT2D eigenvalue weighted by Crippen LogP contribution is -2.04. The van der Waals surface area contributed by atoms with Crippen LogP contribution in [0.4, 0.5) is 5.82 Å². The van der Waals surface area contributed by atoms with Crippen LogP contribution in [0.2, 0.25) is 0 Å². The van der Waals surface area contributed by atoms with Crippen molar-refractivity contribution in [2.75, 3.05) is 5.73 Å². The molecule has 14 heavy (non-hydrogen) atoms. The highest BCUT2D eigenvalue weighted by molar-refractivity contribution is 5.45. The quantitative estimate of drug-likeness (QED) is 0.731. The van der Waals surface area contributed by atoms with Crippen LogP contribution in [-0.2, 0) is 12.8 Å². The van der Waals surface area contributed by atoms with Crippen LogP contribution < -0.4 is 5.73 Å². The van der Waals surface area contributed by atoms with Crippen molar-refractivity contribution in [3.63, 3.8) is 0 Å². The molecule has 1 aromatic rings. The second kappa shape index (κ2) is 2.69. The van der Waals surface area contributed by atoms with E-state index in [9.17, 15) is 0 Å². The molecule has 0 bridgehead atoms. The molecule has 3 nitrogen and oxygen atoms in total. The van der Waals surface area contributed by atoms with Gasteiger partial charge in [-0.1, -0.05) is 6.92 Å². The van der Waals surface area contributed by atoms with Gasteiger partial charge in [0.15, 0.2) is 0 Å². The van der Waals surface area contributed by atoms with Crippen LogP contribution in [0.15, 0.2) is 0 Å². The van der Waals surface area contributed by atoms with Crippen LogP contribution in [0.3, 0.4) is 0 Å². The third kappa shape index (κ3) is 1.11. The number of hydrogen-bond donors (Lipinski definition) is 1. The smallest absolute Gasteiger partial charge is 0.134 e. The number of nitrogen functional groups attached to an aromatic ring is 1. The van der Waals surface area contributed by atoms with E-state index >= 15 is 0 Å². The average molecular weight is 189 g/mol. The number of nitrogens with two attached hydrogens (primary N) is 1. The topological polar surface area (TPSA) is 51.8 Å². The lowest BCUT2D eigenvalue weighted by molar-refractivity contribution is 0.825. The molecular formula is C11H15N3. The fraction of sp³-hybridized carbons (Fsp3) is 0.636. The zero-order chi connectivity index (χ0) is 9.71. The monoisotopic (exact) mass is 189 g/mol. The Kier molecular flexibility index (Phi) is 1.58. The SMILES string of the molecule is CC1CC1c1nc(N)c2c(n1)CCC2. The summed E-state index contributed by atoms with van der Waals surface area (Å²) in [6, 6.07) is 0. The van der Waals surface area contributed by atoms with Gasteiger partial charge in [-0.3, -0.25) is 0 Å². The normalized spacial score (nSPS) is 28.9. The molecule has 0 aromatic carbocycles. The van der Waals surface area contributed by atoms with Crippen molar-refractivity contribution >= 4 is 5.82 Å². The van der Waals surface area contributed by atoms with E-state index < -0.39 is 0 Å². The molecule has 0 amide bonds. The molecule has 1 fully saturated rings. The molecule has 1 aromatic heterocycles. The Hall–Kier alpha value is -1.12. The summed E-state index contributed by atoms with van der Waals surface area (Å²) in [5.41, 5.74) is 8.36. The maximum absolute atomic E-state index is 5.93. The summed E-state index contributed by atoms with van der Waals surface area (Å²) >= 11 is 0. The molecule has 0 spiro atoms. The molecule has 3 heteroatoms. The Morgan fingerprint density at radius 3 is 2.79 bits per heavy atom. The summed E-state index contributed by atoms with van der Waals surface area (Å²) in [7, 11) is 0. The molecule has 1 heterocycles. The second-order valence-corrected chi connectivity index (χ2v) is 4.57. The predicted octanol–water partition coefficient (Wildman–Crippen LogP) is 1.67. The second-order valence-electron chi connectivity index (χ2n) is 4.57. The minimum absolute atomic E-state index is 0.586. The fourth-order valence-electron chi connectivity index (χ4n) is 2.33. The van der Waals surface area contributed by atoms with E-state index in [-0.39, 0.29) is 0 Å². The van der Waals surface area contributed by atoms with Gasteiger partial charge in [-0.05, 0) is 31.6 Å². The largest absolute Gasteiger partial charge is 0.383 e. The first-order valence-electron chi connectivity index (χ1n) is 5.41. The molecule has 0 saturated heterocycles. The molecule has 3 rings (SSSR count). The minimum Gasteiger partial charge on any atom is -0.383 e. The molecule has 0 radical (unpaired) electrons. The zero-order valence-corrected chi connectivity index (χ0v) is 8.45. The van der Waals surface area contributed by atoms with Crippen LogP contribution in [0.5, 0.6) is 0 Å². The zero-order valence-electron chi connectivity index (χ0n) is 8.45. The van der Waals surface area contributed by atoms with Crippen LogP contribution in [0.25, 0.3) is 0 Å². The summed E-state index contributed by atoms with van der Waals surface area (Å²) in [6.45, 7) is 2.25. The Labute approximate surface area is 83.8 Å². The van der Waals surface area contributed by atoms with Crippen molar-refractivity contribution in [2.45, 2.75) is 38.5 Å². The number of fused-ring (bicyclic) bond motifs is 1. The van der Waals surface area contributed by atoms with E-state index in [1.807, 2.05) is 0 Å². The Bertz CT molecular complexity index is 386. The number of nitrogens with zero attached hydrogens (tertiary/aromatic N) is 2. The van der Waals surface area contributed by atoms with Crippen LogP contribution >= 0.6 is 0 Å². The van der Waals surface area contributed by atoms with Crippen LogP contribution in [0.1, 0.15) is 42.8 Å². The highest BCUT2D eigenvalue weighted by Crippen LogP contribution is 2.46. The van der Waals surface area contributed by atoms with Gasteiger partial charge in [0.1, 0.15) is 11.6 Å². The number of rotatable bonds is 1. The summed E-state index contributed by atoms with van der Waals surface area (Å²) in [5.74, 6) is 3.08. The summed E-state index contributed by atoms with van der Waals surface area (Å²) in [6.07, 6.45) is 4.59. The summed E-state index contributed by atoms with van der Waals surface area (Å²) in [5, 5.41) is 0. The molecule has 0 aliphatic heterocycles. The molecule has 2 aliphatic carbocycles. The van der Waals surface area contributed by atoms with Crippen molar-refractivity contribution in [1.29, 1.82) is 0 Å².